The number of carbonyl (C=O) groups is 4. The van der Waals surface area contributed by atoms with Gasteiger partial charge in [0, 0.05) is 24.9 Å². The van der Waals surface area contributed by atoms with Gasteiger partial charge in [-0.2, -0.15) is 0 Å². The third-order valence-electron chi connectivity index (χ3n) is 4.63. The zero-order valence-electron chi connectivity index (χ0n) is 18.7. The Labute approximate surface area is 191 Å². The summed E-state index contributed by atoms with van der Waals surface area (Å²) >= 11 is 0. The van der Waals surface area contributed by atoms with Crippen LogP contribution in [0.4, 0.5) is 0 Å². The molecule has 11 N–H and O–H groups in total. The summed E-state index contributed by atoms with van der Waals surface area (Å²) in [7, 11) is 0. The topological polar surface area (TPSA) is 244 Å². The molecular formula is C19H33N9O5. The Morgan fingerprint density at radius 1 is 1.15 bits per heavy atom. The second-order valence-electron chi connectivity index (χ2n) is 7.74. The number of nitrogens with zero attached hydrogens (tertiary/aromatic N) is 2. The van der Waals surface area contributed by atoms with Crippen LogP contribution >= 0.6 is 0 Å². The highest BCUT2D eigenvalue weighted by Gasteiger charge is 2.26. The van der Waals surface area contributed by atoms with Crippen LogP contribution in [-0.4, -0.2) is 75.9 Å². The fraction of sp³-hybridized carbons (Fsp3) is 0.579. The van der Waals surface area contributed by atoms with E-state index >= 15 is 0 Å². The van der Waals surface area contributed by atoms with Crippen molar-refractivity contribution in [2.45, 2.75) is 51.2 Å². The average Bonchev–Trinajstić information content (AvgIpc) is 3.25. The Morgan fingerprint density at radius 2 is 1.85 bits per heavy atom. The van der Waals surface area contributed by atoms with Gasteiger partial charge in [0.25, 0.3) is 0 Å². The summed E-state index contributed by atoms with van der Waals surface area (Å²) in [6, 6.07) is -3.02. The summed E-state index contributed by atoms with van der Waals surface area (Å²) in [4.78, 5) is 58.9. The first-order chi connectivity index (χ1) is 15.5. The molecule has 0 spiro atoms. The molecule has 0 aliphatic heterocycles. The summed E-state index contributed by atoms with van der Waals surface area (Å²) in [6.07, 6.45) is 3.40. The Bertz CT molecular complexity index is 822. The van der Waals surface area contributed by atoms with E-state index in [9.17, 15) is 24.3 Å². The third-order valence-corrected chi connectivity index (χ3v) is 4.63. The van der Waals surface area contributed by atoms with E-state index in [0.29, 0.717) is 12.1 Å². The minimum atomic E-state index is -1.24. The van der Waals surface area contributed by atoms with Gasteiger partial charge in [0.2, 0.25) is 17.7 Å². The molecule has 0 aromatic carbocycles. The van der Waals surface area contributed by atoms with Gasteiger partial charge >= 0.3 is 5.97 Å². The van der Waals surface area contributed by atoms with E-state index in [4.69, 9.17) is 17.2 Å². The molecule has 14 heteroatoms. The number of aliphatic imine (C=N–C) groups is 1. The second-order valence-corrected chi connectivity index (χ2v) is 7.74. The third kappa shape index (κ3) is 10.5. The number of carboxylic acid groups (broad SMARTS) is 1. The van der Waals surface area contributed by atoms with Gasteiger partial charge in [0.1, 0.15) is 12.1 Å². The number of imidazole rings is 1. The van der Waals surface area contributed by atoms with Crippen molar-refractivity contribution in [2.24, 2.45) is 28.1 Å². The molecule has 3 amide bonds. The van der Waals surface area contributed by atoms with Crippen LogP contribution in [0.5, 0.6) is 0 Å². The quantitative estimate of drug-likeness (QED) is 0.0796. The lowest BCUT2D eigenvalue weighted by atomic mass is 10.0. The van der Waals surface area contributed by atoms with Crippen molar-refractivity contribution in [1.29, 1.82) is 0 Å². The number of carboxylic acids is 1. The maximum atomic E-state index is 12.6. The van der Waals surface area contributed by atoms with Crippen LogP contribution in [0.15, 0.2) is 17.5 Å². The number of hydrogen-bond donors (Lipinski definition) is 8. The second kappa shape index (κ2) is 13.7. The molecule has 0 fully saturated rings. The summed E-state index contributed by atoms with van der Waals surface area (Å²) in [5.41, 5.74) is 16.9. The van der Waals surface area contributed by atoms with Gasteiger partial charge in [-0.05, 0) is 18.8 Å². The number of nitrogens with two attached hydrogens (primary N) is 3. The van der Waals surface area contributed by atoms with E-state index < -0.39 is 48.4 Å². The smallest absolute Gasteiger partial charge is 0.326 e. The average molecular weight is 468 g/mol. The molecule has 1 aromatic heterocycles. The SMILES string of the molecule is CC(C)C(N)C(=O)NC(CCCN=C(N)N)C(=O)NCC(=O)NC(Cc1cnc[nH]1)C(=O)O. The largest absolute Gasteiger partial charge is 0.480 e. The van der Waals surface area contributed by atoms with Crippen LogP contribution in [0.25, 0.3) is 0 Å². The maximum absolute atomic E-state index is 12.6. The fourth-order valence-electron chi connectivity index (χ4n) is 2.70. The van der Waals surface area contributed by atoms with Crippen molar-refractivity contribution >= 4 is 29.7 Å². The van der Waals surface area contributed by atoms with Crippen molar-refractivity contribution in [1.82, 2.24) is 25.9 Å². The molecule has 1 rings (SSSR count). The number of aromatic amines is 1. The van der Waals surface area contributed by atoms with E-state index in [-0.39, 0.29) is 31.3 Å². The van der Waals surface area contributed by atoms with E-state index in [2.05, 4.69) is 30.9 Å². The van der Waals surface area contributed by atoms with Gasteiger partial charge in [0.05, 0.1) is 18.9 Å². The van der Waals surface area contributed by atoms with Crippen molar-refractivity contribution < 1.29 is 24.3 Å². The fourth-order valence-corrected chi connectivity index (χ4v) is 2.70. The molecule has 0 aliphatic carbocycles. The number of carbonyl (C=O) groups excluding carboxylic acids is 3. The van der Waals surface area contributed by atoms with Gasteiger partial charge < -0.3 is 43.2 Å². The monoisotopic (exact) mass is 467 g/mol. The molecule has 33 heavy (non-hydrogen) atoms. The minimum absolute atomic E-state index is 0.00835. The summed E-state index contributed by atoms with van der Waals surface area (Å²) in [6.45, 7) is 3.30. The van der Waals surface area contributed by atoms with Crippen LogP contribution < -0.4 is 33.2 Å². The van der Waals surface area contributed by atoms with Crippen LogP contribution in [0, 0.1) is 5.92 Å². The highest BCUT2D eigenvalue weighted by atomic mass is 16.4. The first-order valence-electron chi connectivity index (χ1n) is 10.4. The van der Waals surface area contributed by atoms with E-state index in [1.54, 1.807) is 13.8 Å². The predicted molar refractivity (Wildman–Crippen MR) is 120 cm³/mol. The molecule has 3 unspecified atom stereocenters. The van der Waals surface area contributed by atoms with Gasteiger partial charge in [-0.15, -0.1) is 0 Å². The van der Waals surface area contributed by atoms with Crippen LogP contribution in [0.2, 0.25) is 0 Å². The molecule has 0 bridgehead atoms. The number of hydrogen-bond acceptors (Lipinski definition) is 7. The number of guanidine groups is 1. The van der Waals surface area contributed by atoms with Gasteiger partial charge in [-0.3, -0.25) is 19.4 Å². The number of nitrogens with one attached hydrogen (secondary N) is 4. The molecular weight excluding hydrogens is 434 g/mol. The Hall–Kier alpha value is -3.68. The van der Waals surface area contributed by atoms with Crippen molar-refractivity contribution in [3.63, 3.8) is 0 Å². The molecule has 0 aliphatic rings. The lowest BCUT2D eigenvalue weighted by Gasteiger charge is -2.22. The predicted octanol–water partition coefficient (Wildman–Crippen LogP) is -2.84. The molecule has 14 nitrogen and oxygen atoms in total. The normalized spacial score (nSPS) is 13.5. The summed E-state index contributed by atoms with van der Waals surface area (Å²) < 4.78 is 0. The summed E-state index contributed by atoms with van der Waals surface area (Å²) in [5, 5.41) is 16.6. The Kier molecular flexibility index (Phi) is 11.3. The standard InChI is InChI=1S/C19H33N9O5/c1-10(2)15(20)17(31)28-12(4-3-5-24-19(21)22)16(30)25-8-14(29)27-13(18(32)33)6-11-7-23-9-26-11/h7,9-10,12-13,15H,3-6,8,20H2,1-2H3,(H,23,26)(H,25,30)(H,27,29)(H,28,31)(H,32,33)(H4,21,22,24). The first kappa shape index (κ1) is 27.4. The molecule has 184 valence electrons. The maximum Gasteiger partial charge on any atom is 0.326 e. The van der Waals surface area contributed by atoms with Gasteiger partial charge in [-0.1, -0.05) is 13.8 Å². The van der Waals surface area contributed by atoms with Gasteiger partial charge in [0.15, 0.2) is 5.96 Å². The molecule has 0 saturated heterocycles. The number of rotatable bonds is 14. The highest BCUT2D eigenvalue weighted by molar-refractivity contribution is 5.92. The number of amides is 3. The van der Waals surface area contributed by atoms with E-state index in [0.717, 1.165) is 0 Å². The van der Waals surface area contributed by atoms with Crippen LogP contribution in [-0.2, 0) is 25.6 Å². The molecule has 3 atom stereocenters. The number of H-pyrrole nitrogens is 1. The number of aromatic nitrogens is 2. The zero-order chi connectivity index (χ0) is 25.0. The summed E-state index contributed by atoms with van der Waals surface area (Å²) in [5.74, 6) is -3.33. The lowest BCUT2D eigenvalue weighted by molar-refractivity contribution is -0.141. The molecule has 1 heterocycles. The van der Waals surface area contributed by atoms with Crippen molar-refractivity contribution in [3.8, 4) is 0 Å². The van der Waals surface area contributed by atoms with Crippen molar-refractivity contribution in [2.75, 3.05) is 13.1 Å². The molecule has 0 radical (unpaired) electrons. The Balaban J connectivity index is 2.68. The first-order valence-corrected chi connectivity index (χ1v) is 10.4. The molecule has 1 aromatic rings. The lowest BCUT2D eigenvalue weighted by Crippen LogP contribution is -2.54. The minimum Gasteiger partial charge on any atom is -0.480 e. The number of aliphatic carboxylic acids is 1. The van der Waals surface area contributed by atoms with Crippen LogP contribution in [0.1, 0.15) is 32.4 Å². The zero-order valence-corrected chi connectivity index (χ0v) is 18.7. The Morgan fingerprint density at radius 3 is 2.39 bits per heavy atom. The van der Waals surface area contributed by atoms with Crippen molar-refractivity contribution in [3.05, 3.63) is 18.2 Å². The van der Waals surface area contributed by atoms with E-state index in [1.165, 1.54) is 12.5 Å². The van der Waals surface area contributed by atoms with E-state index in [1.807, 2.05) is 0 Å². The molecule has 0 saturated carbocycles. The van der Waals surface area contributed by atoms with Crippen LogP contribution in [0.3, 0.4) is 0 Å². The highest BCUT2D eigenvalue weighted by Crippen LogP contribution is 2.03. The van der Waals surface area contributed by atoms with Gasteiger partial charge in [-0.25, -0.2) is 9.78 Å².